The monoisotopic (exact) mass is 383 g/mol. The van der Waals surface area contributed by atoms with Crippen molar-refractivity contribution < 1.29 is 32.2 Å². The molecule has 2 rings (SSSR count). The number of sulfonamides is 1. The lowest BCUT2D eigenvalue weighted by Gasteiger charge is -2.18. The van der Waals surface area contributed by atoms with E-state index in [9.17, 15) is 17.6 Å². The highest BCUT2D eigenvalue weighted by Crippen LogP contribution is 2.30. The molecule has 0 amide bonds. The van der Waals surface area contributed by atoms with Gasteiger partial charge in [-0.05, 0) is 29.8 Å². The van der Waals surface area contributed by atoms with Crippen LogP contribution < -0.4 is 14.2 Å². The molecule has 2 aromatic carbocycles. The van der Waals surface area contributed by atoms with Crippen molar-refractivity contribution in [3.63, 3.8) is 0 Å². The zero-order valence-corrected chi connectivity index (χ0v) is 14.9. The Labute approximate surface area is 150 Å². The predicted octanol–water partition coefficient (Wildman–Crippen LogP) is 2.34. The Morgan fingerprint density at radius 1 is 1.12 bits per heavy atom. The Morgan fingerprint density at radius 3 is 2.27 bits per heavy atom. The summed E-state index contributed by atoms with van der Waals surface area (Å²) in [5.74, 6) is -1.14. The van der Waals surface area contributed by atoms with Crippen molar-refractivity contribution >= 4 is 16.0 Å². The maximum absolute atomic E-state index is 13.1. The Kier molecular flexibility index (Phi) is 6.17. The van der Waals surface area contributed by atoms with Crippen LogP contribution in [0.15, 0.2) is 47.4 Å². The number of carbonyl (C=O) groups is 1. The summed E-state index contributed by atoms with van der Waals surface area (Å²) < 4.78 is 50.9. The lowest BCUT2D eigenvalue weighted by molar-refractivity contribution is -0.137. The van der Waals surface area contributed by atoms with Gasteiger partial charge in [0.25, 0.3) is 0 Å². The first kappa shape index (κ1) is 19.7. The number of benzene rings is 2. The average molecular weight is 383 g/mol. The van der Waals surface area contributed by atoms with E-state index in [0.717, 1.165) is 12.1 Å². The molecule has 0 aliphatic carbocycles. The van der Waals surface area contributed by atoms with Crippen LogP contribution in [0.2, 0.25) is 0 Å². The fraction of sp³-hybridized carbons (Fsp3) is 0.235. The van der Waals surface area contributed by atoms with Crippen LogP contribution in [-0.4, -0.2) is 33.7 Å². The number of aliphatic carboxylic acids is 1. The Balaban J connectivity index is 2.36. The highest BCUT2D eigenvalue weighted by molar-refractivity contribution is 7.89. The van der Waals surface area contributed by atoms with E-state index in [1.807, 2.05) is 0 Å². The summed E-state index contributed by atoms with van der Waals surface area (Å²) in [5.41, 5.74) is 0.331. The van der Waals surface area contributed by atoms with Gasteiger partial charge in [0, 0.05) is 6.07 Å². The molecule has 0 bridgehead atoms. The van der Waals surface area contributed by atoms with Gasteiger partial charge in [-0.3, -0.25) is 4.79 Å². The first-order chi connectivity index (χ1) is 12.3. The van der Waals surface area contributed by atoms with Crippen LogP contribution >= 0.6 is 0 Å². The summed E-state index contributed by atoms with van der Waals surface area (Å²) >= 11 is 0. The van der Waals surface area contributed by atoms with E-state index in [1.54, 1.807) is 0 Å². The minimum absolute atomic E-state index is 0.118. The van der Waals surface area contributed by atoms with Crippen LogP contribution in [0.4, 0.5) is 4.39 Å². The molecule has 0 saturated carbocycles. The van der Waals surface area contributed by atoms with Crippen molar-refractivity contribution in [3.05, 3.63) is 53.8 Å². The second-order valence-electron chi connectivity index (χ2n) is 5.34. The molecule has 1 atom stereocenters. The van der Waals surface area contributed by atoms with Gasteiger partial charge in [0.2, 0.25) is 10.0 Å². The van der Waals surface area contributed by atoms with Gasteiger partial charge in [-0.1, -0.05) is 12.1 Å². The molecule has 0 aliphatic rings. The standard InChI is InChI=1S/C17H18FNO6S/c1-24-15-8-7-13(9-16(15)25-2)26(22,23)19-14(10-17(20)21)11-3-5-12(18)6-4-11/h3-9,14,19H,10H2,1-2H3,(H,20,21)/t14-/m1/s1. The zero-order chi connectivity index (χ0) is 19.3. The van der Waals surface area contributed by atoms with Gasteiger partial charge < -0.3 is 14.6 Å². The number of hydrogen-bond acceptors (Lipinski definition) is 5. The second-order valence-corrected chi connectivity index (χ2v) is 7.05. The molecule has 0 spiro atoms. The van der Waals surface area contributed by atoms with Crippen LogP contribution in [0.5, 0.6) is 11.5 Å². The first-order valence-electron chi connectivity index (χ1n) is 7.48. The van der Waals surface area contributed by atoms with Crippen LogP contribution in [0.3, 0.4) is 0 Å². The fourth-order valence-electron chi connectivity index (χ4n) is 2.34. The van der Waals surface area contributed by atoms with Gasteiger partial charge in [-0.25, -0.2) is 17.5 Å². The van der Waals surface area contributed by atoms with Crippen molar-refractivity contribution in [1.82, 2.24) is 4.72 Å². The van der Waals surface area contributed by atoms with Crippen molar-refractivity contribution in [3.8, 4) is 11.5 Å². The Hall–Kier alpha value is -2.65. The molecule has 2 N–H and O–H groups in total. The van der Waals surface area contributed by atoms with E-state index in [2.05, 4.69) is 4.72 Å². The highest BCUT2D eigenvalue weighted by atomic mass is 32.2. The number of methoxy groups -OCH3 is 2. The van der Waals surface area contributed by atoms with Crippen LogP contribution in [0.25, 0.3) is 0 Å². The smallest absolute Gasteiger partial charge is 0.305 e. The Morgan fingerprint density at radius 2 is 1.73 bits per heavy atom. The van der Waals surface area contributed by atoms with Gasteiger partial charge in [0.05, 0.1) is 31.6 Å². The van der Waals surface area contributed by atoms with Gasteiger partial charge in [-0.2, -0.15) is 0 Å². The number of halogens is 1. The molecular weight excluding hydrogens is 365 g/mol. The normalized spacial score (nSPS) is 12.4. The van der Waals surface area contributed by atoms with E-state index < -0.39 is 34.3 Å². The third-order valence-corrected chi connectivity index (χ3v) is 5.08. The molecule has 0 unspecified atom stereocenters. The lowest BCUT2D eigenvalue weighted by Crippen LogP contribution is -2.30. The first-order valence-corrected chi connectivity index (χ1v) is 8.96. The Bertz CT molecular complexity index is 883. The van der Waals surface area contributed by atoms with E-state index in [-0.39, 0.29) is 10.6 Å². The molecule has 0 aliphatic heterocycles. The molecule has 9 heteroatoms. The van der Waals surface area contributed by atoms with E-state index in [1.165, 1.54) is 44.6 Å². The molecule has 0 radical (unpaired) electrons. The fourth-order valence-corrected chi connectivity index (χ4v) is 3.58. The van der Waals surface area contributed by atoms with Crippen LogP contribution in [0, 0.1) is 5.82 Å². The third kappa shape index (κ3) is 4.70. The van der Waals surface area contributed by atoms with E-state index in [0.29, 0.717) is 11.3 Å². The summed E-state index contributed by atoms with van der Waals surface area (Å²) in [6, 6.07) is 7.88. The van der Waals surface area contributed by atoms with Gasteiger partial charge >= 0.3 is 5.97 Å². The second kappa shape index (κ2) is 8.15. The molecule has 0 saturated heterocycles. The third-order valence-electron chi connectivity index (χ3n) is 3.61. The topological polar surface area (TPSA) is 102 Å². The predicted molar refractivity (Wildman–Crippen MR) is 91.3 cm³/mol. The maximum Gasteiger partial charge on any atom is 0.305 e. The van der Waals surface area contributed by atoms with E-state index >= 15 is 0 Å². The van der Waals surface area contributed by atoms with Crippen molar-refractivity contribution in [1.29, 1.82) is 0 Å². The van der Waals surface area contributed by atoms with Gasteiger partial charge in [0.1, 0.15) is 5.82 Å². The average Bonchev–Trinajstić information content (AvgIpc) is 2.60. The SMILES string of the molecule is COc1ccc(S(=O)(=O)N[C@H](CC(=O)O)c2ccc(F)cc2)cc1OC. The lowest BCUT2D eigenvalue weighted by atomic mass is 10.1. The number of rotatable bonds is 8. The summed E-state index contributed by atoms with van der Waals surface area (Å²) in [4.78, 5) is 11.0. The zero-order valence-electron chi connectivity index (χ0n) is 14.1. The minimum atomic E-state index is -4.06. The molecular formula is C17H18FNO6S. The van der Waals surface area contributed by atoms with Crippen molar-refractivity contribution in [2.24, 2.45) is 0 Å². The number of carboxylic acids is 1. The molecule has 0 aromatic heterocycles. The maximum atomic E-state index is 13.1. The van der Waals surface area contributed by atoms with Gasteiger partial charge in [-0.15, -0.1) is 0 Å². The molecule has 0 fully saturated rings. The number of nitrogens with one attached hydrogen (secondary N) is 1. The number of hydrogen-bond donors (Lipinski definition) is 2. The van der Waals surface area contributed by atoms with Crippen LogP contribution in [-0.2, 0) is 14.8 Å². The largest absolute Gasteiger partial charge is 0.493 e. The summed E-state index contributed by atoms with van der Waals surface area (Å²) in [7, 11) is -1.28. The number of ether oxygens (including phenoxy) is 2. The van der Waals surface area contributed by atoms with Gasteiger partial charge in [0.15, 0.2) is 11.5 Å². The summed E-state index contributed by atoms with van der Waals surface area (Å²) in [6.07, 6.45) is -0.502. The highest BCUT2D eigenvalue weighted by Gasteiger charge is 2.24. The summed E-state index contributed by atoms with van der Waals surface area (Å²) in [5, 5.41) is 9.07. The summed E-state index contributed by atoms with van der Waals surface area (Å²) in [6.45, 7) is 0. The minimum Gasteiger partial charge on any atom is -0.493 e. The molecule has 26 heavy (non-hydrogen) atoms. The van der Waals surface area contributed by atoms with Crippen molar-refractivity contribution in [2.45, 2.75) is 17.4 Å². The molecule has 140 valence electrons. The van der Waals surface area contributed by atoms with E-state index in [4.69, 9.17) is 14.6 Å². The number of carboxylic acid groups (broad SMARTS) is 1. The molecule has 7 nitrogen and oxygen atoms in total. The quantitative estimate of drug-likeness (QED) is 0.725. The molecule has 2 aromatic rings. The van der Waals surface area contributed by atoms with Crippen molar-refractivity contribution in [2.75, 3.05) is 14.2 Å². The molecule has 0 heterocycles. The van der Waals surface area contributed by atoms with Crippen LogP contribution in [0.1, 0.15) is 18.0 Å².